The minimum absolute atomic E-state index is 0.571. The predicted molar refractivity (Wildman–Crippen MR) is 117 cm³/mol. The van der Waals surface area contributed by atoms with E-state index in [4.69, 9.17) is 17.6 Å². The molecule has 0 saturated heterocycles. The van der Waals surface area contributed by atoms with E-state index < -0.39 is 0 Å². The summed E-state index contributed by atoms with van der Waals surface area (Å²) in [6.07, 6.45) is 24.2. The van der Waals surface area contributed by atoms with Crippen molar-refractivity contribution in [3.05, 3.63) is 29.8 Å². The smallest absolute Gasteiger partial charge is 0.119 e. The first kappa shape index (κ1) is 23.1. The van der Waals surface area contributed by atoms with Crippen molar-refractivity contribution >= 4 is 0 Å². The van der Waals surface area contributed by atoms with Crippen LogP contribution in [0, 0.1) is 24.7 Å². The van der Waals surface area contributed by atoms with Gasteiger partial charge in [-0.15, -0.1) is 12.8 Å². The van der Waals surface area contributed by atoms with E-state index in [0.29, 0.717) is 13.1 Å². The van der Waals surface area contributed by atoms with Gasteiger partial charge in [0.25, 0.3) is 0 Å². The van der Waals surface area contributed by atoms with Gasteiger partial charge >= 0.3 is 0 Å². The van der Waals surface area contributed by atoms with Crippen LogP contribution in [0.3, 0.4) is 0 Å². The maximum atomic E-state index is 5.85. The lowest BCUT2D eigenvalue weighted by molar-refractivity contribution is 0.303. The van der Waals surface area contributed by atoms with Crippen LogP contribution in [0.4, 0.5) is 0 Å². The number of benzene rings is 1. The first-order valence-corrected chi connectivity index (χ1v) is 10.6. The molecule has 0 aromatic heterocycles. The third-order valence-corrected chi connectivity index (χ3v) is 4.73. The largest absolute Gasteiger partial charge is 0.494 e. The molecular weight excluding hydrogens is 330 g/mol. The number of terminal acetylenes is 2. The van der Waals surface area contributed by atoms with E-state index in [9.17, 15) is 0 Å². The standard InChI is InChI=1S/C25H37NO/c1-4-7-8-9-10-11-12-13-14-15-22-27-25-18-16-24(17-19-25)23-26(20-5-2)21-6-3/h2-3,16-19H,4,7-15,20-23H2,1H3. The Bertz CT molecular complexity index is 533. The zero-order valence-corrected chi connectivity index (χ0v) is 17.2. The molecule has 0 aliphatic carbocycles. The quantitative estimate of drug-likeness (QED) is 0.260. The van der Waals surface area contributed by atoms with Crippen LogP contribution in [0.2, 0.25) is 0 Å². The third kappa shape index (κ3) is 12.2. The zero-order valence-electron chi connectivity index (χ0n) is 17.2. The highest BCUT2D eigenvalue weighted by Gasteiger charge is 2.03. The fraction of sp³-hybridized carbons (Fsp3) is 0.600. The van der Waals surface area contributed by atoms with E-state index in [-0.39, 0.29) is 0 Å². The van der Waals surface area contributed by atoms with Gasteiger partial charge in [-0.1, -0.05) is 88.7 Å². The Hall–Kier alpha value is -1.90. The van der Waals surface area contributed by atoms with Crippen LogP contribution in [0.15, 0.2) is 24.3 Å². The van der Waals surface area contributed by atoms with Crippen molar-refractivity contribution < 1.29 is 4.74 Å². The van der Waals surface area contributed by atoms with Crippen molar-refractivity contribution in [2.45, 2.75) is 77.7 Å². The van der Waals surface area contributed by atoms with Gasteiger partial charge in [-0.3, -0.25) is 4.90 Å². The van der Waals surface area contributed by atoms with Crippen LogP contribution < -0.4 is 4.74 Å². The van der Waals surface area contributed by atoms with Crippen molar-refractivity contribution in [3.63, 3.8) is 0 Å². The number of ether oxygens (including phenoxy) is 1. The summed E-state index contributed by atoms with van der Waals surface area (Å²) in [5.74, 6) is 6.25. The molecule has 0 bridgehead atoms. The van der Waals surface area contributed by atoms with Gasteiger partial charge in [0.1, 0.15) is 5.75 Å². The Morgan fingerprint density at radius 2 is 1.30 bits per heavy atom. The molecule has 0 amide bonds. The lowest BCUT2D eigenvalue weighted by Crippen LogP contribution is -2.23. The van der Waals surface area contributed by atoms with Crippen LogP contribution in [-0.4, -0.2) is 24.6 Å². The highest BCUT2D eigenvalue weighted by Crippen LogP contribution is 2.15. The molecule has 0 N–H and O–H groups in total. The molecule has 1 aromatic carbocycles. The Morgan fingerprint density at radius 3 is 1.81 bits per heavy atom. The molecule has 0 spiro atoms. The van der Waals surface area contributed by atoms with Crippen LogP contribution in [0.5, 0.6) is 5.75 Å². The van der Waals surface area contributed by atoms with Gasteiger partial charge in [-0.05, 0) is 24.1 Å². The average Bonchev–Trinajstić information content (AvgIpc) is 2.68. The highest BCUT2D eigenvalue weighted by atomic mass is 16.5. The Kier molecular flexibility index (Phi) is 14.0. The Morgan fingerprint density at radius 1 is 0.778 bits per heavy atom. The topological polar surface area (TPSA) is 12.5 Å². The highest BCUT2D eigenvalue weighted by molar-refractivity contribution is 5.27. The molecule has 27 heavy (non-hydrogen) atoms. The Labute approximate surface area is 167 Å². The molecule has 0 aliphatic rings. The molecule has 0 saturated carbocycles. The number of nitrogens with zero attached hydrogens (tertiary/aromatic N) is 1. The van der Waals surface area contributed by atoms with Gasteiger partial charge in [-0.2, -0.15) is 0 Å². The summed E-state index contributed by atoms with van der Waals surface area (Å²) in [7, 11) is 0. The summed E-state index contributed by atoms with van der Waals surface area (Å²) in [4.78, 5) is 2.07. The summed E-state index contributed by atoms with van der Waals surface area (Å²) in [6.45, 7) is 4.98. The van der Waals surface area contributed by atoms with E-state index in [1.54, 1.807) is 0 Å². The number of unbranched alkanes of at least 4 members (excludes halogenated alkanes) is 9. The minimum atomic E-state index is 0.571. The molecule has 0 radical (unpaired) electrons. The van der Waals surface area contributed by atoms with E-state index >= 15 is 0 Å². The van der Waals surface area contributed by atoms with Crippen LogP contribution in [0.1, 0.15) is 76.7 Å². The fourth-order valence-electron chi connectivity index (χ4n) is 3.15. The zero-order chi connectivity index (χ0) is 19.6. The van der Waals surface area contributed by atoms with Crippen molar-refractivity contribution in [1.29, 1.82) is 0 Å². The van der Waals surface area contributed by atoms with Gasteiger partial charge in [0.15, 0.2) is 0 Å². The van der Waals surface area contributed by atoms with Crippen molar-refractivity contribution in [2.24, 2.45) is 0 Å². The lowest BCUT2D eigenvalue weighted by Gasteiger charge is -2.17. The molecule has 1 aromatic rings. The van der Waals surface area contributed by atoms with Crippen molar-refractivity contribution in [1.82, 2.24) is 4.90 Å². The molecule has 1 rings (SSSR count). The summed E-state index contributed by atoms with van der Waals surface area (Å²) in [5, 5.41) is 0. The first-order chi connectivity index (χ1) is 13.3. The van der Waals surface area contributed by atoms with Crippen molar-refractivity contribution in [2.75, 3.05) is 19.7 Å². The van der Waals surface area contributed by atoms with E-state index in [0.717, 1.165) is 25.3 Å². The van der Waals surface area contributed by atoms with Gasteiger partial charge in [-0.25, -0.2) is 0 Å². The normalized spacial score (nSPS) is 10.5. The first-order valence-electron chi connectivity index (χ1n) is 10.6. The summed E-state index contributed by atoms with van der Waals surface area (Å²) < 4.78 is 5.85. The maximum absolute atomic E-state index is 5.85. The van der Waals surface area contributed by atoms with Crippen LogP contribution in [-0.2, 0) is 6.54 Å². The summed E-state index contributed by atoms with van der Waals surface area (Å²) >= 11 is 0. The molecule has 0 atom stereocenters. The Balaban J connectivity index is 2.09. The number of rotatable bonds is 16. The lowest BCUT2D eigenvalue weighted by atomic mass is 10.1. The van der Waals surface area contributed by atoms with Gasteiger partial charge in [0.2, 0.25) is 0 Å². The second-order valence-electron chi connectivity index (χ2n) is 7.23. The molecule has 0 aliphatic heterocycles. The van der Waals surface area contributed by atoms with E-state index in [2.05, 4.69) is 35.8 Å². The average molecular weight is 368 g/mol. The molecule has 2 heteroatoms. The second kappa shape index (κ2) is 16.3. The number of hydrogen-bond donors (Lipinski definition) is 0. The van der Waals surface area contributed by atoms with Crippen LogP contribution >= 0.6 is 0 Å². The molecule has 0 fully saturated rings. The maximum Gasteiger partial charge on any atom is 0.119 e. The number of hydrogen-bond acceptors (Lipinski definition) is 2. The second-order valence-corrected chi connectivity index (χ2v) is 7.23. The summed E-state index contributed by atoms with van der Waals surface area (Å²) in [6, 6.07) is 8.26. The monoisotopic (exact) mass is 367 g/mol. The van der Waals surface area contributed by atoms with Gasteiger partial charge < -0.3 is 4.74 Å². The molecule has 0 heterocycles. The van der Waals surface area contributed by atoms with Crippen LogP contribution in [0.25, 0.3) is 0 Å². The summed E-state index contributed by atoms with van der Waals surface area (Å²) in [5.41, 5.74) is 1.20. The van der Waals surface area contributed by atoms with Crippen molar-refractivity contribution in [3.8, 4) is 30.4 Å². The molecular formula is C25H37NO. The predicted octanol–water partition coefficient (Wildman–Crippen LogP) is 6.05. The minimum Gasteiger partial charge on any atom is -0.494 e. The van der Waals surface area contributed by atoms with E-state index in [1.165, 1.54) is 63.4 Å². The SMILES string of the molecule is C#CCN(CC#C)Cc1ccc(OCCCCCCCCCCCC)cc1. The molecule has 0 unspecified atom stereocenters. The fourth-order valence-corrected chi connectivity index (χ4v) is 3.15. The third-order valence-electron chi connectivity index (χ3n) is 4.73. The van der Waals surface area contributed by atoms with Gasteiger partial charge in [0, 0.05) is 6.54 Å². The molecule has 148 valence electrons. The van der Waals surface area contributed by atoms with Gasteiger partial charge in [0.05, 0.1) is 19.7 Å². The van der Waals surface area contributed by atoms with E-state index in [1.807, 2.05) is 12.1 Å². The molecule has 2 nitrogen and oxygen atoms in total.